The standard InChI is InChI=1S/C14H15BrN4O2/c1-21-10-4-2-3-8(5-10)9-6-17-14-11(15)12(13(16)20)18-19(14)7-9/h2-5,9,17H,6-7H2,1H3,(H2,16,20). The number of rotatable bonds is 3. The number of anilines is 1. The van der Waals surface area contributed by atoms with Gasteiger partial charge in [0.25, 0.3) is 5.91 Å². The van der Waals surface area contributed by atoms with E-state index >= 15 is 0 Å². The zero-order valence-electron chi connectivity index (χ0n) is 11.5. The van der Waals surface area contributed by atoms with E-state index in [-0.39, 0.29) is 11.6 Å². The van der Waals surface area contributed by atoms with E-state index in [1.54, 1.807) is 11.8 Å². The zero-order chi connectivity index (χ0) is 15.0. The normalized spacial score (nSPS) is 17.0. The van der Waals surface area contributed by atoms with E-state index in [1.165, 1.54) is 5.56 Å². The molecule has 1 aromatic carbocycles. The average Bonchev–Trinajstić information content (AvgIpc) is 2.84. The molecule has 3 rings (SSSR count). The number of hydrogen-bond acceptors (Lipinski definition) is 4. The number of amides is 1. The highest BCUT2D eigenvalue weighted by Crippen LogP contribution is 2.33. The van der Waals surface area contributed by atoms with Crippen molar-refractivity contribution in [1.29, 1.82) is 0 Å². The van der Waals surface area contributed by atoms with Gasteiger partial charge in [0, 0.05) is 12.5 Å². The number of fused-ring (bicyclic) bond motifs is 1. The van der Waals surface area contributed by atoms with Gasteiger partial charge in [-0.05, 0) is 33.6 Å². The van der Waals surface area contributed by atoms with Crippen molar-refractivity contribution in [2.24, 2.45) is 5.73 Å². The van der Waals surface area contributed by atoms with Gasteiger partial charge in [-0.2, -0.15) is 5.10 Å². The van der Waals surface area contributed by atoms with Crippen molar-refractivity contribution in [1.82, 2.24) is 9.78 Å². The molecule has 3 N–H and O–H groups in total. The maximum atomic E-state index is 11.3. The smallest absolute Gasteiger partial charge is 0.270 e. The first kappa shape index (κ1) is 13.9. The number of ether oxygens (including phenoxy) is 1. The Morgan fingerprint density at radius 2 is 2.38 bits per heavy atom. The summed E-state index contributed by atoms with van der Waals surface area (Å²) in [6.07, 6.45) is 0. The molecule has 6 nitrogen and oxygen atoms in total. The van der Waals surface area contributed by atoms with Crippen molar-refractivity contribution >= 4 is 27.7 Å². The Morgan fingerprint density at radius 1 is 1.57 bits per heavy atom. The van der Waals surface area contributed by atoms with Gasteiger partial charge in [0.1, 0.15) is 11.6 Å². The van der Waals surface area contributed by atoms with Gasteiger partial charge in [-0.1, -0.05) is 12.1 Å². The number of carbonyl (C=O) groups excluding carboxylic acids is 1. The van der Waals surface area contributed by atoms with Crippen molar-refractivity contribution < 1.29 is 9.53 Å². The number of carbonyl (C=O) groups is 1. The summed E-state index contributed by atoms with van der Waals surface area (Å²) in [5.41, 5.74) is 6.74. The van der Waals surface area contributed by atoms with Crippen molar-refractivity contribution in [3.05, 3.63) is 40.0 Å². The van der Waals surface area contributed by atoms with Crippen LogP contribution in [0.4, 0.5) is 5.82 Å². The summed E-state index contributed by atoms with van der Waals surface area (Å²) in [7, 11) is 1.65. The molecule has 1 aliphatic heterocycles. The second-order valence-electron chi connectivity index (χ2n) is 4.91. The molecule has 0 fully saturated rings. The summed E-state index contributed by atoms with van der Waals surface area (Å²) in [6.45, 7) is 1.44. The molecule has 21 heavy (non-hydrogen) atoms. The van der Waals surface area contributed by atoms with Gasteiger partial charge in [-0.15, -0.1) is 0 Å². The monoisotopic (exact) mass is 350 g/mol. The third kappa shape index (κ3) is 2.49. The minimum absolute atomic E-state index is 0.250. The molecule has 1 aromatic heterocycles. The lowest BCUT2D eigenvalue weighted by atomic mass is 9.97. The quantitative estimate of drug-likeness (QED) is 0.886. The van der Waals surface area contributed by atoms with E-state index in [0.29, 0.717) is 11.0 Å². The summed E-state index contributed by atoms with van der Waals surface area (Å²) in [6, 6.07) is 7.97. The molecule has 1 atom stereocenters. The lowest BCUT2D eigenvalue weighted by molar-refractivity contribution is 0.0994. The summed E-state index contributed by atoms with van der Waals surface area (Å²) < 4.78 is 7.66. The Balaban J connectivity index is 1.90. The Bertz CT molecular complexity index is 698. The van der Waals surface area contributed by atoms with Crippen LogP contribution >= 0.6 is 15.9 Å². The van der Waals surface area contributed by atoms with Gasteiger partial charge in [0.05, 0.1) is 18.1 Å². The molecule has 0 bridgehead atoms. The Hall–Kier alpha value is -2.02. The fourth-order valence-electron chi connectivity index (χ4n) is 2.51. The van der Waals surface area contributed by atoms with Gasteiger partial charge < -0.3 is 15.8 Å². The molecule has 2 aromatic rings. The van der Waals surface area contributed by atoms with Crippen molar-refractivity contribution in [3.63, 3.8) is 0 Å². The maximum Gasteiger partial charge on any atom is 0.270 e. The number of primary amides is 1. The molecule has 0 aliphatic carbocycles. The Labute approximate surface area is 130 Å². The number of nitrogens with one attached hydrogen (secondary N) is 1. The highest BCUT2D eigenvalue weighted by Gasteiger charge is 2.26. The van der Waals surface area contributed by atoms with Crippen molar-refractivity contribution in [2.45, 2.75) is 12.5 Å². The van der Waals surface area contributed by atoms with Gasteiger partial charge in [-0.3, -0.25) is 4.79 Å². The van der Waals surface area contributed by atoms with E-state index in [2.05, 4.69) is 32.4 Å². The molecule has 0 saturated carbocycles. The molecule has 0 spiro atoms. The van der Waals surface area contributed by atoms with Crippen LogP contribution in [0, 0.1) is 0 Å². The van der Waals surface area contributed by atoms with Crippen LogP contribution in [-0.4, -0.2) is 29.3 Å². The molecule has 0 saturated heterocycles. The van der Waals surface area contributed by atoms with Crippen LogP contribution in [0.1, 0.15) is 22.0 Å². The molecule has 110 valence electrons. The minimum atomic E-state index is -0.538. The zero-order valence-corrected chi connectivity index (χ0v) is 13.1. The summed E-state index contributed by atoms with van der Waals surface area (Å²) in [5.74, 6) is 1.34. The van der Waals surface area contributed by atoms with Crippen molar-refractivity contribution in [3.8, 4) is 5.75 Å². The second kappa shape index (κ2) is 5.40. The van der Waals surface area contributed by atoms with Crippen LogP contribution in [0.2, 0.25) is 0 Å². The number of benzene rings is 1. The first-order chi connectivity index (χ1) is 10.1. The molecular weight excluding hydrogens is 336 g/mol. The molecule has 0 radical (unpaired) electrons. The highest BCUT2D eigenvalue weighted by atomic mass is 79.9. The van der Waals surface area contributed by atoms with Gasteiger partial charge in [0.2, 0.25) is 0 Å². The van der Waals surface area contributed by atoms with E-state index in [4.69, 9.17) is 10.5 Å². The number of nitrogens with zero attached hydrogens (tertiary/aromatic N) is 2. The number of halogens is 1. The molecular formula is C14H15BrN4O2. The lowest BCUT2D eigenvalue weighted by Gasteiger charge is -2.25. The van der Waals surface area contributed by atoms with Crippen LogP contribution < -0.4 is 15.8 Å². The SMILES string of the molecule is COc1cccc(C2CNc3c(Br)c(C(N)=O)nn3C2)c1. The van der Waals surface area contributed by atoms with E-state index in [0.717, 1.165) is 18.1 Å². The van der Waals surface area contributed by atoms with Gasteiger partial charge in [-0.25, -0.2) is 4.68 Å². The van der Waals surface area contributed by atoms with Crippen molar-refractivity contribution in [2.75, 3.05) is 19.0 Å². The molecule has 1 unspecified atom stereocenters. The second-order valence-corrected chi connectivity index (χ2v) is 5.70. The van der Waals surface area contributed by atoms with E-state index in [1.807, 2.05) is 18.2 Å². The molecule has 1 amide bonds. The van der Waals surface area contributed by atoms with Crippen LogP contribution in [0.3, 0.4) is 0 Å². The third-order valence-electron chi connectivity index (χ3n) is 3.60. The largest absolute Gasteiger partial charge is 0.497 e. The van der Waals surface area contributed by atoms with E-state index < -0.39 is 5.91 Å². The summed E-state index contributed by atoms with van der Waals surface area (Å²) in [5, 5.41) is 7.57. The first-order valence-corrected chi connectivity index (χ1v) is 7.33. The summed E-state index contributed by atoms with van der Waals surface area (Å²) in [4.78, 5) is 11.3. The summed E-state index contributed by atoms with van der Waals surface area (Å²) >= 11 is 3.37. The van der Waals surface area contributed by atoms with Gasteiger partial charge in [0.15, 0.2) is 5.69 Å². The molecule has 2 heterocycles. The topological polar surface area (TPSA) is 82.2 Å². The highest BCUT2D eigenvalue weighted by molar-refractivity contribution is 9.10. The number of hydrogen-bond donors (Lipinski definition) is 2. The first-order valence-electron chi connectivity index (χ1n) is 6.54. The fraction of sp³-hybridized carbons (Fsp3) is 0.286. The maximum absolute atomic E-state index is 11.3. The Kier molecular flexibility index (Phi) is 3.59. The van der Waals surface area contributed by atoms with Gasteiger partial charge >= 0.3 is 0 Å². The fourth-order valence-corrected chi connectivity index (χ4v) is 3.13. The number of nitrogens with two attached hydrogens (primary N) is 1. The van der Waals surface area contributed by atoms with Crippen LogP contribution in [0.15, 0.2) is 28.7 Å². The molecule has 1 aliphatic rings. The molecule has 7 heteroatoms. The third-order valence-corrected chi connectivity index (χ3v) is 4.35. The van der Waals surface area contributed by atoms with Crippen LogP contribution in [0.5, 0.6) is 5.75 Å². The predicted octanol–water partition coefficient (Wildman–Crippen LogP) is 1.96. The average molecular weight is 351 g/mol. The minimum Gasteiger partial charge on any atom is -0.497 e. The van der Waals surface area contributed by atoms with Crippen LogP contribution in [0.25, 0.3) is 0 Å². The number of aromatic nitrogens is 2. The van der Waals surface area contributed by atoms with Crippen LogP contribution in [-0.2, 0) is 6.54 Å². The number of methoxy groups -OCH3 is 1. The lowest BCUT2D eigenvalue weighted by Crippen LogP contribution is -2.26. The Morgan fingerprint density at radius 3 is 3.10 bits per heavy atom. The predicted molar refractivity (Wildman–Crippen MR) is 82.7 cm³/mol. The van der Waals surface area contributed by atoms with E-state index in [9.17, 15) is 4.79 Å².